The van der Waals surface area contributed by atoms with Crippen molar-refractivity contribution in [3.05, 3.63) is 41.7 Å². The Morgan fingerprint density at radius 3 is 2.86 bits per heavy atom. The minimum Gasteiger partial charge on any atom is -0.490 e. The second-order valence-electron chi connectivity index (χ2n) is 5.28. The number of halogens is 2. The number of benzene rings is 1. The van der Waals surface area contributed by atoms with Gasteiger partial charge in [0.05, 0.1) is 6.61 Å². The van der Waals surface area contributed by atoms with Gasteiger partial charge in [-0.3, -0.25) is 5.32 Å². The van der Waals surface area contributed by atoms with Gasteiger partial charge in [-0.1, -0.05) is 5.16 Å². The molecule has 1 fully saturated rings. The van der Waals surface area contributed by atoms with Crippen LogP contribution >= 0.6 is 0 Å². The van der Waals surface area contributed by atoms with E-state index in [1.54, 1.807) is 0 Å². The molecule has 114 valence electrons. The highest BCUT2D eigenvalue weighted by Crippen LogP contribution is 2.55. The maximum absolute atomic E-state index is 13.9. The molecule has 2 heterocycles. The Kier molecular flexibility index (Phi) is 2.78. The summed E-state index contributed by atoms with van der Waals surface area (Å²) in [5, 5.41) is 8.77. The number of amides is 2. The molecule has 0 bridgehead atoms. The van der Waals surface area contributed by atoms with E-state index in [-0.39, 0.29) is 41.6 Å². The van der Waals surface area contributed by atoms with E-state index in [2.05, 4.69) is 20.3 Å². The Bertz CT molecular complexity index is 735. The molecule has 1 aliphatic heterocycles. The first-order chi connectivity index (χ1) is 10.6. The number of hydrogen-bond acceptors (Lipinski definition) is 4. The van der Waals surface area contributed by atoms with Gasteiger partial charge < -0.3 is 14.6 Å². The van der Waals surface area contributed by atoms with Crippen molar-refractivity contribution in [3.8, 4) is 5.75 Å². The summed E-state index contributed by atoms with van der Waals surface area (Å²) in [5.41, 5.74) is 0.197. The molecule has 1 aromatic heterocycles. The molecule has 1 aliphatic carbocycles. The molecule has 0 spiro atoms. The van der Waals surface area contributed by atoms with Crippen LogP contribution in [0.2, 0.25) is 0 Å². The standard InChI is InChI=1S/C14H11F2N3O3/c15-7-1-2-8(16)13-11(7)10-6(5-21-13)12(10)18-14(20)17-9-3-4-22-19-9/h1-4,6,10,12H,5H2,(H2,17,18,19,20)/t6-,10-,12-/m1/s1. The van der Waals surface area contributed by atoms with Crippen LogP contribution in [0.5, 0.6) is 5.75 Å². The lowest BCUT2D eigenvalue weighted by atomic mass is 10.0. The van der Waals surface area contributed by atoms with Crippen molar-refractivity contribution >= 4 is 11.8 Å². The van der Waals surface area contributed by atoms with Gasteiger partial charge in [-0.05, 0) is 12.1 Å². The van der Waals surface area contributed by atoms with Crippen LogP contribution in [0.4, 0.5) is 19.4 Å². The molecule has 3 atom stereocenters. The van der Waals surface area contributed by atoms with Gasteiger partial charge in [-0.25, -0.2) is 13.6 Å². The van der Waals surface area contributed by atoms with Gasteiger partial charge in [0, 0.05) is 29.5 Å². The van der Waals surface area contributed by atoms with E-state index in [1.807, 2.05) is 0 Å². The lowest BCUT2D eigenvalue weighted by Gasteiger charge is -2.16. The van der Waals surface area contributed by atoms with Crippen LogP contribution in [0.1, 0.15) is 11.5 Å². The summed E-state index contributed by atoms with van der Waals surface area (Å²) in [5.74, 6) is -1.23. The van der Waals surface area contributed by atoms with Crippen molar-refractivity contribution in [2.75, 3.05) is 11.9 Å². The van der Waals surface area contributed by atoms with Crippen molar-refractivity contribution in [2.45, 2.75) is 12.0 Å². The molecule has 0 unspecified atom stereocenters. The Morgan fingerprint density at radius 1 is 1.27 bits per heavy atom. The molecule has 2 amide bonds. The normalized spacial score (nSPS) is 24.7. The Morgan fingerprint density at radius 2 is 2.09 bits per heavy atom. The van der Waals surface area contributed by atoms with Crippen molar-refractivity contribution < 1.29 is 22.8 Å². The summed E-state index contributed by atoms with van der Waals surface area (Å²) in [4.78, 5) is 11.9. The van der Waals surface area contributed by atoms with E-state index in [1.165, 1.54) is 12.3 Å². The molecule has 2 N–H and O–H groups in total. The van der Waals surface area contributed by atoms with E-state index in [9.17, 15) is 13.6 Å². The number of rotatable bonds is 2. The van der Waals surface area contributed by atoms with Gasteiger partial charge in [0.1, 0.15) is 12.1 Å². The second kappa shape index (κ2) is 4.69. The number of hydrogen-bond donors (Lipinski definition) is 2. The van der Waals surface area contributed by atoms with Crippen molar-refractivity contribution in [3.63, 3.8) is 0 Å². The SMILES string of the molecule is O=C(Nc1ccon1)N[C@@H]1[C@@H]2COc3c(F)ccc(F)c3[C@@H]21. The lowest BCUT2D eigenvalue weighted by molar-refractivity contribution is 0.247. The number of carbonyl (C=O) groups excluding carboxylic acids is 1. The van der Waals surface area contributed by atoms with Crippen LogP contribution in [0.3, 0.4) is 0 Å². The monoisotopic (exact) mass is 307 g/mol. The lowest BCUT2D eigenvalue weighted by Crippen LogP contribution is -2.32. The summed E-state index contributed by atoms with van der Waals surface area (Å²) in [6.07, 6.45) is 1.33. The molecule has 4 rings (SSSR count). The van der Waals surface area contributed by atoms with Gasteiger partial charge >= 0.3 is 6.03 Å². The third kappa shape index (κ3) is 1.99. The van der Waals surface area contributed by atoms with Crippen LogP contribution in [0.15, 0.2) is 29.0 Å². The van der Waals surface area contributed by atoms with Gasteiger partial charge in [0.2, 0.25) is 0 Å². The fourth-order valence-corrected chi connectivity index (χ4v) is 2.94. The summed E-state index contributed by atoms with van der Waals surface area (Å²) in [6.45, 7) is 0.243. The van der Waals surface area contributed by atoms with E-state index in [0.717, 1.165) is 12.1 Å². The quantitative estimate of drug-likeness (QED) is 0.892. The van der Waals surface area contributed by atoms with Crippen molar-refractivity contribution in [1.29, 1.82) is 0 Å². The number of fused-ring (bicyclic) bond motifs is 3. The predicted octanol–water partition coefficient (Wildman–Crippen LogP) is 2.25. The number of urea groups is 1. The van der Waals surface area contributed by atoms with Crippen molar-refractivity contribution in [1.82, 2.24) is 10.5 Å². The largest absolute Gasteiger partial charge is 0.490 e. The Hall–Kier alpha value is -2.64. The van der Waals surface area contributed by atoms with Crippen LogP contribution in [-0.2, 0) is 0 Å². The third-order valence-corrected chi connectivity index (χ3v) is 3.99. The van der Waals surface area contributed by atoms with Crippen LogP contribution < -0.4 is 15.4 Å². The summed E-state index contributed by atoms with van der Waals surface area (Å²) in [7, 11) is 0. The van der Waals surface area contributed by atoms with E-state index in [0.29, 0.717) is 0 Å². The molecule has 0 saturated heterocycles. The van der Waals surface area contributed by atoms with Crippen LogP contribution in [0.25, 0.3) is 0 Å². The first kappa shape index (κ1) is 13.1. The van der Waals surface area contributed by atoms with E-state index >= 15 is 0 Å². The average Bonchev–Trinajstić information content (AvgIpc) is 2.93. The molecule has 8 heteroatoms. The topological polar surface area (TPSA) is 76.4 Å². The number of nitrogens with one attached hydrogen (secondary N) is 2. The average molecular weight is 307 g/mol. The maximum Gasteiger partial charge on any atom is 0.320 e. The molecule has 2 aliphatic rings. The third-order valence-electron chi connectivity index (χ3n) is 3.99. The Labute approximate surface area is 123 Å². The number of anilines is 1. The highest BCUT2D eigenvalue weighted by Gasteiger charge is 2.57. The zero-order valence-electron chi connectivity index (χ0n) is 11.2. The maximum atomic E-state index is 13.9. The molecule has 22 heavy (non-hydrogen) atoms. The molecular weight excluding hydrogens is 296 g/mol. The molecular formula is C14H11F2N3O3. The predicted molar refractivity (Wildman–Crippen MR) is 70.5 cm³/mol. The smallest absolute Gasteiger partial charge is 0.320 e. The molecule has 2 aromatic rings. The Balaban J connectivity index is 1.50. The van der Waals surface area contributed by atoms with Gasteiger partial charge in [-0.2, -0.15) is 0 Å². The number of ether oxygens (including phenoxy) is 1. The second-order valence-corrected chi connectivity index (χ2v) is 5.28. The molecule has 1 saturated carbocycles. The van der Waals surface area contributed by atoms with Gasteiger partial charge in [0.15, 0.2) is 17.4 Å². The number of carbonyl (C=O) groups is 1. The number of nitrogens with zero attached hydrogens (tertiary/aromatic N) is 1. The van der Waals surface area contributed by atoms with Crippen LogP contribution in [-0.4, -0.2) is 23.8 Å². The molecule has 6 nitrogen and oxygen atoms in total. The van der Waals surface area contributed by atoms with E-state index < -0.39 is 17.7 Å². The highest BCUT2D eigenvalue weighted by molar-refractivity contribution is 5.88. The summed E-state index contributed by atoms with van der Waals surface area (Å²) < 4.78 is 37.5. The van der Waals surface area contributed by atoms with Crippen molar-refractivity contribution in [2.24, 2.45) is 5.92 Å². The summed E-state index contributed by atoms with van der Waals surface area (Å²) >= 11 is 0. The zero-order chi connectivity index (χ0) is 15.3. The van der Waals surface area contributed by atoms with Crippen LogP contribution in [0, 0.1) is 17.6 Å². The fraction of sp³-hybridized carbons (Fsp3) is 0.286. The van der Waals surface area contributed by atoms with E-state index in [4.69, 9.17) is 4.74 Å². The molecule has 0 radical (unpaired) electrons. The first-order valence-corrected chi connectivity index (χ1v) is 6.74. The minimum atomic E-state index is -0.590. The number of aromatic nitrogens is 1. The zero-order valence-corrected chi connectivity index (χ0v) is 11.2. The highest BCUT2D eigenvalue weighted by atomic mass is 19.1. The van der Waals surface area contributed by atoms with Gasteiger partial charge in [-0.15, -0.1) is 0 Å². The van der Waals surface area contributed by atoms with Gasteiger partial charge in [0.25, 0.3) is 0 Å². The summed E-state index contributed by atoms with van der Waals surface area (Å²) in [6, 6.07) is 2.82. The molecule has 1 aromatic carbocycles. The minimum absolute atomic E-state index is 0.0533. The fourth-order valence-electron chi connectivity index (χ4n) is 2.94. The first-order valence-electron chi connectivity index (χ1n) is 6.74.